The van der Waals surface area contributed by atoms with E-state index in [2.05, 4.69) is 10.1 Å². The van der Waals surface area contributed by atoms with E-state index in [0.29, 0.717) is 12.2 Å². The molecule has 4 heteroatoms. The Kier molecular flexibility index (Phi) is 1.58. The van der Waals surface area contributed by atoms with E-state index in [1.54, 1.807) is 11.7 Å². The average molecular weight is 125 g/mol. The summed E-state index contributed by atoms with van der Waals surface area (Å²) in [5.41, 5.74) is 0. The maximum Gasteiger partial charge on any atom is 0.138 e. The Labute approximate surface area is 52.5 Å². The number of aryl methyl sites for hydroxylation is 1. The summed E-state index contributed by atoms with van der Waals surface area (Å²) in [6.07, 6.45) is 2.58. The van der Waals surface area contributed by atoms with Crippen LogP contribution in [0.2, 0.25) is 0 Å². The van der Waals surface area contributed by atoms with Crippen molar-refractivity contribution < 1.29 is 4.79 Å². The molecule has 1 aromatic heterocycles. The van der Waals surface area contributed by atoms with Crippen LogP contribution in [0.1, 0.15) is 5.82 Å². The molecule has 0 bridgehead atoms. The van der Waals surface area contributed by atoms with Crippen LogP contribution >= 0.6 is 0 Å². The van der Waals surface area contributed by atoms with Gasteiger partial charge in [0.1, 0.15) is 18.4 Å². The highest BCUT2D eigenvalue weighted by atomic mass is 16.1. The quantitative estimate of drug-likeness (QED) is 0.503. The predicted molar refractivity (Wildman–Crippen MR) is 30.8 cm³/mol. The molecule has 1 heterocycles. The van der Waals surface area contributed by atoms with Gasteiger partial charge >= 0.3 is 0 Å². The Morgan fingerprint density at radius 1 is 1.89 bits per heavy atom. The van der Waals surface area contributed by atoms with Crippen molar-refractivity contribution >= 4 is 6.29 Å². The molecule has 9 heavy (non-hydrogen) atoms. The number of aldehydes is 1. The number of carbonyl (C=O) groups excluding carboxylic acids is 1. The molecule has 1 aromatic rings. The lowest BCUT2D eigenvalue weighted by atomic mass is 10.4. The third-order valence-electron chi connectivity index (χ3n) is 1.07. The van der Waals surface area contributed by atoms with Gasteiger partial charge < -0.3 is 4.79 Å². The van der Waals surface area contributed by atoms with Crippen molar-refractivity contribution in [3.63, 3.8) is 0 Å². The van der Waals surface area contributed by atoms with Gasteiger partial charge in [0.2, 0.25) is 0 Å². The van der Waals surface area contributed by atoms with Crippen LogP contribution in [0.3, 0.4) is 0 Å². The minimum absolute atomic E-state index is 0.344. The highest BCUT2D eigenvalue weighted by Gasteiger charge is 1.95. The second kappa shape index (κ2) is 2.39. The molecule has 0 N–H and O–H groups in total. The molecule has 0 aliphatic rings. The summed E-state index contributed by atoms with van der Waals surface area (Å²) >= 11 is 0. The van der Waals surface area contributed by atoms with Gasteiger partial charge in [0.25, 0.3) is 0 Å². The smallest absolute Gasteiger partial charge is 0.138 e. The van der Waals surface area contributed by atoms with Gasteiger partial charge in [-0.15, -0.1) is 0 Å². The van der Waals surface area contributed by atoms with Crippen molar-refractivity contribution in [2.45, 2.75) is 6.42 Å². The molecule has 1 rings (SSSR count). The van der Waals surface area contributed by atoms with E-state index in [1.165, 1.54) is 6.33 Å². The van der Waals surface area contributed by atoms with Crippen molar-refractivity contribution in [1.82, 2.24) is 14.8 Å². The molecule has 0 amide bonds. The molecule has 48 valence electrons. The highest BCUT2D eigenvalue weighted by molar-refractivity contribution is 5.52. The maximum absolute atomic E-state index is 9.94. The number of nitrogens with zero attached hydrogens (tertiary/aromatic N) is 3. The van der Waals surface area contributed by atoms with Crippen molar-refractivity contribution in [3.8, 4) is 0 Å². The number of carbonyl (C=O) groups is 1. The van der Waals surface area contributed by atoms with E-state index in [9.17, 15) is 4.79 Å². The number of aromatic nitrogens is 3. The normalized spacial score (nSPS) is 9.44. The fourth-order valence-electron chi connectivity index (χ4n) is 0.579. The van der Waals surface area contributed by atoms with Gasteiger partial charge in [0.05, 0.1) is 6.42 Å². The minimum atomic E-state index is 0.344. The highest BCUT2D eigenvalue weighted by Crippen LogP contribution is 1.87. The first kappa shape index (κ1) is 5.94. The topological polar surface area (TPSA) is 47.8 Å². The van der Waals surface area contributed by atoms with Crippen molar-refractivity contribution in [3.05, 3.63) is 12.2 Å². The van der Waals surface area contributed by atoms with E-state index >= 15 is 0 Å². The zero-order chi connectivity index (χ0) is 6.69. The molecule has 4 nitrogen and oxygen atoms in total. The van der Waals surface area contributed by atoms with Crippen molar-refractivity contribution in [2.75, 3.05) is 0 Å². The molecule has 0 aliphatic heterocycles. The van der Waals surface area contributed by atoms with Crippen LogP contribution in [0.5, 0.6) is 0 Å². The summed E-state index contributed by atoms with van der Waals surface area (Å²) < 4.78 is 1.58. The fourth-order valence-corrected chi connectivity index (χ4v) is 0.579. The first-order chi connectivity index (χ1) is 4.34. The van der Waals surface area contributed by atoms with Gasteiger partial charge in [0, 0.05) is 7.05 Å². The van der Waals surface area contributed by atoms with Gasteiger partial charge in [-0.25, -0.2) is 4.98 Å². The van der Waals surface area contributed by atoms with E-state index in [-0.39, 0.29) is 0 Å². The zero-order valence-corrected chi connectivity index (χ0v) is 5.11. The second-order valence-corrected chi connectivity index (χ2v) is 1.67. The van der Waals surface area contributed by atoms with Crippen LogP contribution in [-0.2, 0) is 18.3 Å². The average Bonchev–Trinajstić information content (AvgIpc) is 2.18. The minimum Gasteiger partial charge on any atom is -0.303 e. The molecule has 0 aliphatic carbocycles. The van der Waals surface area contributed by atoms with Crippen molar-refractivity contribution in [1.29, 1.82) is 0 Å². The Balaban J connectivity index is 2.80. The third kappa shape index (κ3) is 1.13. The molecule has 0 aromatic carbocycles. The van der Waals surface area contributed by atoms with E-state index < -0.39 is 0 Å². The Morgan fingerprint density at radius 2 is 2.67 bits per heavy atom. The first-order valence-electron chi connectivity index (χ1n) is 2.61. The van der Waals surface area contributed by atoms with Crippen LogP contribution in [-0.4, -0.2) is 21.1 Å². The number of hydrogen-bond donors (Lipinski definition) is 0. The van der Waals surface area contributed by atoms with Crippen LogP contribution in [0, 0.1) is 0 Å². The van der Waals surface area contributed by atoms with Gasteiger partial charge in [-0.1, -0.05) is 0 Å². The van der Waals surface area contributed by atoms with E-state index in [0.717, 1.165) is 6.29 Å². The van der Waals surface area contributed by atoms with Gasteiger partial charge in [0.15, 0.2) is 0 Å². The van der Waals surface area contributed by atoms with Gasteiger partial charge in [-0.2, -0.15) is 5.10 Å². The Bertz CT molecular complexity index is 206. The molecule has 0 unspecified atom stereocenters. The predicted octanol–water partition coefficient (Wildman–Crippen LogP) is -0.444. The SMILES string of the molecule is Cn1ncnc1CC=O. The summed E-state index contributed by atoms with van der Waals surface area (Å²) in [6, 6.07) is 0. The summed E-state index contributed by atoms with van der Waals surface area (Å²) in [5.74, 6) is 0.699. The lowest BCUT2D eigenvalue weighted by molar-refractivity contribution is -0.107. The largest absolute Gasteiger partial charge is 0.303 e. The number of hydrogen-bond acceptors (Lipinski definition) is 3. The molecule has 0 fully saturated rings. The maximum atomic E-state index is 9.94. The zero-order valence-electron chi connectivity index (χ0n) is 5.11. The molecule has 0 saturated carbocycles. The molecule has 0 atom stereocenters. The van der Waals surface area contributed by atoms with Gasteiger partial charge in [-0.3, -0.25) is 4.68 Å². The monoisotopic (exact) mass is 125 g/mol. The van der Waals surface area contributed by atoms with E-state index in [4.69, 9.17) is 0 Å². The van der Waals surface area contributed by atoms with E-state index in [1.807, 2.05) is 0 Å². The summed E-state index contributed by atoms with van der Waals surface area (Å²) in [6.45, 7) is 0. The van der Waals surface area contributed by atoms with Crippen LogP contribution < -0.4 is 0 Å². The van der Waals surface area contributed by atoms with Gasteiger partial charge in [-0.05, 0) is 0 Å². The lowest BCUT2D eigenvalue weighted by Gasteiger charge is -1.89. The molecule has 0 saturated heterocycles. The second-order valence-electron chi connectivity index (χ2n) is 1.67. The molecule has 0 radical (unpaired) electrons. The fraction of sp³-hybridized carbons (Fsp3) is 0.400. The van der Waals surface area contributed by atoms with Crippen LogP contribution in [0.15, 0.2) is 6.33 Å². The summed E-state index contributed by atoms with van der Waals surface area (Å²) in [7, 11) is 1.76. The van der Waals surface area contributed by atoms with Crippen LogP contribution in [0.4, 0.5) is 0 Å². The molecular weight excluding hydrogens is 118 g/mol. The van der Waals surface area contributed by atoms with Crippen LogP contribution in [0.25, 0.3) is 0 Å². The third-order valence-corrected chi connectivity index (χ3v) is 1.07. The molecular formula is C5H7N3O. The molecule has 0 spiro atoms. The Morgan fingerprint density at radius 3 is 3.11 bits per heavy atom. The Hall–Kier alpha value is -1.19. The summed E-state index contributed by atoms with van der Waals surface area (Å²) in [5, 5.41) is 3.78. The standard InChI is InChI=1S/C5H7N3O/c1-8-5(2-3-9)6-4-7-8/h3-4H,2H2,1H3. The lowest BCUT2D eigenvalue weighted by Crippen LogP contribution is -1.99. The number of rotatable bonds is 2. The first-order valence-corrected chi connectivity index (χ1v) is 2.61. The van der Waals surface area contributed by atoms with Crippen molar-refractivity contribution in [2.24, 2.45) is 7.05 Å². The summed E-state index contributed by atoms with van der Waals surface area (Å²) in [4.78, 5) is 13.8.